The molecule has 1 aliphatic rings. The molecule has 2 amide bonds. The van der Waals surface area contributed by atoms with Crippen LogP contribution in [0.5, 0.6) is 0 Å². The van der Waals surface area contributed by atoms with Crippen LogP contribution in [0.25, 0.3) is 0 Å². The van der Waals surface area contributed by atoms with Crippen molar-refractivity contribution in [2.45, 2.75) is 6.10 Å². The normalized spacial score (nSPS) is 21.5. The van der Waals surface area contributed by atoms with Crippen LogP contribution >= 0.6 is 11.3 Å². The van der Waals surface area contributed by atoms with E-state index in [0.29, 0.717) is 4.88 Å². The van der Waals surface area contributed by atoms with Gasteiger partial charge in [-0.15, -0.1) is 11.3 Å². The van der Waals surface area contributed by atoms with Crippen molar-refractivity contribution in [3.8, 4) is 0 Å². The number of rotatable bonds is 1. The van der Waals surface area contributed by atoms with Crippen molar-refractivity contribution in [1.82, 2.24) is 5.32 Å². The highest BCUT2D eigenvalue weighted by Crippen LogP contribution is 2.27. The summed E-state index contributed by atoms with van der Waals surface area (Å²) in [7, 11) is 0. The van der Waals surface area contributed by atoms with Crippen LogP contribution in [0, 0.1) is 5.82 Å². The lowest BCUT2D eigenvalue weighted by molar-refractivity contribution is -0.123. The first-order valence-electron chi connectivity index (χ1n) is 3.42. The van der Waals surface area contributed by atoms with Gasteiger partial charge in [-0.25, -0.2) is 9.18 Å². The SMILES string of the molecule is O=C1NC(=O)C(c2cc(F)cs2)O1. The van der Waals surface area contributed by atoms with Crippen LogP contribution in [0.1, 0.15) is 11.0 Å². The minimum atomic E-state index is -0.984. The Labute approximate surface area is 76.3 Å². The molecule has 1 aliphatic heterocycles. The van der Waals surface area contributed by atoms with E-state index in [9.17, 15) is 14.0 Å². The summed E-state index contributed by atoms with van der Waals surface area (Å²) in [5, 5.41) is 3.20. The molecule has 0 aromatic carbocycles. The van der Waals surface area contributed by atoms with E-state index in [1.54, 1.807) is 0 Å². The molecule has 0 aliphatic carbocycles. The van der Waals surface area contributed by atoms with Crippen LogP contribution < -0.4 is 5.32 Å². The number of thiophene rings is 1. The zero-order valence-corrected chi connectivity index (χ0v) is 7.06. The Hall–Kier alpha value is -1.43. The number of nitrogens with one attached hydrogen (secondary N) is 1. The van der Waals surface area contributed by atoms with Crippen molar-refractivity contribution in [2.24, 2.45) is 0 Å². The van der Waals surface area contributed by atoms with Crippen LogP contribution in [0.2, 0.25) is 0 Å². The van der Waals surface area contributed by atoms with Crippen LogP contribution in [-0.4, -0.2) is 12.0 Å². The number of halogens is 1. The van der Waals surface area contributed by atoms with Gasteiger partial charge >= 0.3 is 6.09 Å². The van der Waals surface area contributed by atoms with Crippen LogP contribution in [0.4, 0.5) is 9.18 Å². The first-order chi connectivity index (χ1) is 6.16. The molecule has 1 unspecified atom stereocenters. The van der Waals surface area contributed by atoms with Gasteiger partial charge < -0.3 is 4.74 Å². The zero-order chi connectivity index (χ0) is 9.42. The van der Waals surface area contributed by atoms with Gasteiger partial charge in [0.15, 0.2) is 0 Å². The molecule has 4 nitrogen and oxygen atoms in total. The second-order valence-electron chi connectivity index (χ2n) is 2.44. The Bertz CT molecular complexity index is 376. The Morgan fingerprint density at radius 3 is 2.77 bits per heavy atom. The van der Waals surface area contributed by atoms with Gasteiger partial charge in [0.1, 0.15) is 5.82 Å². The topological polar surface area (TPSA) is 55.4 Å². The Morgan fingerprint density at radius 1 is 1.54 bits per heavy atom. The van der Waals surface area contributed by atoms with Crippen LogP contribution in [0.15, 0.2) is 11.4 Å². The van der Waals surface area contributed by atoms with Gasteiger partial charge in [-0.2, -0.15) is 0 Å². The first kappa shape index (κ1) is 8.18. The Kier molecular flexibility index (Phi) is 1.77. The molecule has 0 bridgehead atoms. The number of hydrogen-bond donors (Lipinski definition) is 1. The van der Waals surface area contributed by atoms with Gasteiger partial charge in [0, 0.05) is 5.38 Å². The van der Waals surface area contributed by atoms with E-state index in [1.165, 1.54) is 11.4 Å². The molecule has 2 rings (SSSR count). The summed E-state index contributed by atoms with van der Waals surface area (Å²) in [5.41, 5.74) is 0. The quantitative estimate of drug-likeness (QED) is 0.742. The summed E-state index contributed by atoms with van der Waals surface area (Å²) in [4.78, 5) is 22.0. The number of ether oxygens (including phenoxy) is 1. The number of alkyl carbamates (subject to hydrolysis) is 1. The van der Waals surface area contributed by atoms with Gasteiger partial charge in [-0.1, -0.05) is 0 Å². The lowest BCUT2D eigenvalue weighted by Crippen LogP contribution is -2.20. The number of carbonyl (C=O) groups excluding carboxylic acids is 2. The highest BCUT2D eigenvalue weighted by molar-refractivity contribution is 7.10. The summed E-state index contributed by atoms with van der Waals surface area (Å²) in [6, 6.07) is 1.17. The molecule has 1 aromatic heterocycles. The monoisotopic (exact) mass is 201 g/mol. The maximum absolute atomic E-state index is 12.5. The molecule has 68 valence electrons. The third-order valence-electron chi connectivity index (χ3n) is 1.53. The number of amides is 2. The largest absolute Gasteiger partial charge is 0.430 e. The van der Waals surface area contributed by atoms with Gasteiger partial charge in [0.25, 0.3) is 5.91 Å². The molecule has 1 fully saturated rings. The molecule has 1 saturated heterocycles. The fourth-order valence-electron chi connectivity index (χ4n) is 1.01. The summed E-state index contributed by atoms with van der Waals surface area (Å²) < 4.78 is 17.2. The van der Waals surface area contributed by atoms with Gasteiger partial charge in [-0.3, -0.25) is 10.1 Å². The van der Waals surface area contributed by atoms with E-state index in [1.807, 2.05) is 5.32 Å². The first-order valence-corrected chi connectivity index (χ1v) is 4.30. The molecule has 1 atom stereocenters. The van der Waals surface area contributed by atoms with Crippen LogP contribution in [-0.2, 0) is 9.53 Å². The highest BCUT2D eigenvalue weighted by Gasteiger charge is 2.34. The Morgan fingerprint density at radius 2 is 2.31 bits per heavy atom. The zero-order valence-electron chi connectivity index (χ0n) is 6.24. The van der Waals surface area contributed by atoms with Gasteiger partial charge in [0.05, 0.1) is 4.88 Å². The van der Waals surface area contributed by atoms with Crippen molar-refractivity contribution in [3.63, 3.8) is 0 Å². The van der Waals surface area contributed by atoms with Crippen molar-refractivity contribution in [2.75, 3.05) is 0 Å². The second kappa shape index (κ2) is 2.81. The van der Waals surface area contributed by atoms with Crippen molar-refractivity contribution in [3.05, 3.63) is 22.1 Å². The summed E-state index contributed by atoms with van der Waals surface area (Å²) in [6.45, 7) is 0. The van der Waals surface area contributed by atoms with Gasteiger partial charge in [0.2, 0.25) is 6.10 Å². The average Bonchev–Trinajstić information content (AvgIpc) is 2.58. The fraction of sp³-hybridized carbons (Fsp3) is 0.143. The van der Waals surface area contributed by atoms with E-state index in [0.717, 1.165) is 11.3 Å². The smallest absolute Gasteiger partial charge is 0.415 e. The molecule has 1 N–H and O–H groups in total. The van der Waals surface area contributed by atoms with E-state index in [4.69, 9.17) is 0 Å². The predicted octanol–water partition coefficient (Wildman–Crippen LogP) is 1.19. The number of carbonyl (C=O) groups is 2. The van der Waals surface area contributed by atoms with E-state index < -0.39 is 23.9 Å². The maximum Gasteiger partial charge on any atom is 0.415 e. The van der Waals surface area contributed by atoms with Crippen molar-refractivity contribution in [1.29, 1.82) is 0 Å². The molecule has 0 radical (unpaired) electrons. The molecule has 2 heterocycles. The van der Waals surface area contributed by atoms with Gasteiger partial charge in [-0.05, 0) is 6.07 Å². The molecule has 0 spiro atoms. The van der Waals surface area contributed by atoms with E-state index in [2.05, 4.69) is 4.74 Å². The predicted molar refractivity (Wildman–Crippen MR) is 41.6 cm³/mol. The Balaban J connectivity index is 2.27. The minimum Gasteiger partial charge on any atom is -0.430 e. The molecule has 13 heavy (non-hydrogen) atoms. The average molecular weight is 201 g/mol. The molecule has 6 heteroatoms. The molecule has 1 aromatic rings. The standard InChI is InChI=1S/C7H4FNO3S/c8-3-1-4(13-2-3)5-6(10)9-7(11)12-5/h1-2,5H,(H,9,10,11). The molecule has 0 saturated carbocycles. The van der Waals surface area contributed by atoms with E-state index >= 15 is 0 Å². The number of cyclic esters (lactones) is 1. The molecular formula is C7H4FNO3S. The second-order valence-corrected chi connectivity index (χ2v) is 3.38. The minimum absolute atomic E-state index is 0.390. The fourth-order valence-corrected chi connectivity index (χ4v) is 1.79. The van der Waals surface area contributed by atoms with Crippen molar-refractivity contribution >= 4 is 23.3 Å². The third kappa shape index (κ3) is 1.40. The number of hydrogen-bond acceptors (Lipinski definition) is 4. The highest BCUT2D eigenvalue weighted by atomic mass is 32.1. The van der Waals surface area contributed by atoms with E-state index in [-0.39, 0.29) is 0 Å². The molecular weight excluding hydrogens is 197 g/mol. The summed E-state index contributed by atoms with van der Waals surface area (Å²) in [5.74, 6) is -0.984. The number of imide groups is 1. The van der Waals surface area contributed by atoms with Crippen LogP contribution in [0.3, 0.4) is 0 Å². The third-order valence-corrected chi connectivity index (χ3v) is 2.48. The lowest BCUT2D eigenvalue weighted by atomic mass is 10.3. The maximum atomic E-state index is 12.5. The lowest BCUT2D eigenvalue weighted by Gasteiger charge is -2.00. The summed E-state index contributed by atoms with van der Waals surface area (Å²) >= 11 is 1.04. The summed E-state index contributed by atoms with van der Waals surface area (Å²) in [6.07, 6.45) is -1.77. The van der Waals surface area contributed by atoms with Crippen molar-refractivity contribution < 1.29 is 18.7 Å².